The highest BCUT2D eigenvalue weighted by atomic mass is 19.4. The van der Waals surface area contributed by atoms with E-state index in [0.717, 1.165) is 0 Å². The van der Waals surface area contributed by atoms with Crippen molar-refractivity contribution in [3.05, 3.63) is 23.9 Å². The van der Waals surface area contributed by atoms with Crippen molar-refractivity contribution < 1.29 is 22.7 Å². The number of allylic oxidation sites excluding steroid dienone is 1. The number of hydrogen-bond acceptors (Lipinski definition) is 3. The van der Waals surface area contributed by atoms with Crippen molar-refractivity contribution in [2.75, 3.05) is 12.4 Å². The molecule has 4 nitrogen and oxygen atoms in total. The van der Waals surface area contributed by atoms with Crippen LogP contribution in [0, 0.1) is 23.7 Å². The monoisotopic (exact) mass is 366 g/mol. The predicted molar refractivity (Wildman–Crippen MR) is 93.4 cm³/mol. The summed E-state index contributed by atoms with van der Waals surface area (Å²) in [6.07, 6.45) is 2.34. The van der Waals surface area contributed by atoms with Crippen LogP contribution < -0.4 is 10.1 Å². The van der Waals surface area contributed by atoms with Crippen LogP contribution in [0.2, 0.25) is 0 Å². The van der Waals surface area contributed by atoms with E-state index in [2.05, 4.69) is 22.1 Å². The first kappa shape index (κ1) is 19.8. The van der Waals surface area contributed by atoms with E-state index in [1.165, 1.54) is 13.3 Å². The van der Waals surface area contributed by atoms with E-state index in [-0.39, 0.29) is 18.8 Å². The molecule has 0 spiro atoms. The molecule has 0 unspecified atom stereocenters. The zero-order valence-electron chi connectivity index (χ0n) is 14.7. The standard InChI is InChI=1S/C19H21F3N2O2/c1-3-4-17(25)24-16-11-14(18(26-2)23-12-16)8-5-13-6-9-15(10-7-13)19(20,21)22/h5,8,11-13,15H,6-7,9-10H2,1-2H3,(H,24,25)/b8-5+. The molecule has 1 N–H and O–H groups in total. The van der Waals surface area contributed by atoms with E-state index < -0.39 is 18.0 Å². The van der Waals surface area contributed by atoms with Crippen molar-refractivity contribution >= 4 is 17.7 Å². The number of methoxy groups -OCH3 is 1. The molecule has 140 valence electrons. The van der Waals surface area contributed by atoms with Gasteiger partial charge in [-0.1, -0.05) is 18.1 Å². The van der Waals surface area contributed by atoms with Gasteiger partial charge in [0.05, 0.1) is 24.9 Å². The largest absolute Gasteiger partial charge is 0.481 e. The van der Waals surface area contributed by atoms with Crippen LogP contribution in [0.25, 0.3) is 6.08 Å². The number of alkyl halides is 3. The Bertz CT molecular complexity index is 725. The van der Waals surface area contributed by atoms with E-state index in [9.17, 15) is 18.0 Å². The van der Waals surface area contributed by atoms with Crippen LogP contribution in [-0.2, 0) is 4.79 Å². The average molecular weight is 366 g/mol. The average Bonchev–Trinajstić information content (AvgIpc) is 2.60. The highest BCUT2D eigenvalue weighted by Gasteiger charge is 2.40. The molecule has 1 fully saturated rings. The second-order valence-electron chi connectivity index (χ2n) is 6.16. The van der Waals surface area contributed by atoms with Crippen molar-refractivity contribution in [3.8, 4) is 17.7 Å². The Labute approximate surface area is 150 Å². The van der Waals surface area contributed by atoms with Crippen molar-refractivity contribution in [2.24, 2.45) is 11.8 Å². The molecule has 0 saturated heterocycles. The second kappa shape index (κ2) is 8.75. The van der Waals surface area contributed by atoms with Gasteiger partial charge >= 0.3 is 6.18 Å². The maximum Gasteiger partial charge on any atom is 0.391 e. The topological polar surface area (TPSA) is 51.2 Å². The molecule has 1 aromatic rings. The lowest BCUT2D eigenvalue weighted by Crippen LogP contribution is -2.27. The normalized spacial score (nSPS) is 20.3. The summed E-state index contributed by atoms with van der Waals surface area (Å²) < 4.78 is 43.4. The van der Waals surface area contributed by atoms with Gasteiger partial charge in [0.2, 0.25) is 5.88 Å². The van der Waals surface area contributed by atoms with Crippen LogP contribution in [-0.4, -0.2) is 24.2 Å². The summed E-state index contributed by atoms with van der Waals surface area (Å²) in [4.78, 5) is 15.7. The van der Waals surface area contributed by atoms with E-state index >= 15 is 0 Å². The third-order valence-corrected chi connectivity index (χ3v) is 4.35. The Kier molecular flexibility index (Phi) is 6.67. The molecule has 1 aliphatic rings. The second-order valence-corrected chi connectivity index (χ2v) is 6.16. The Balaban J connectivity index is 2.06. The third kappa shape index (κ3) is 5.51. The van der Waals surface area contributed by atoms with Gasteiger partial charge in [-0.25, -0.2) is 4.98 Å². The predicted octanol–water partition coefficient (Wildman–Crippen LogP) is 4.43. The molecular formula is C19H21F3N2O2. The highest BCUT2D eigenvalue weighted by Crippen LogP contribution is 2.40. The van der Waals surface area contributed by atoms with Gasteiger partial charge in [-0.05, 0) is 50.5 Å². The molecule has 1 amide bonds. The van der Waals surface area contributed by atoms with E-state index in [0.29, 0.717) is 30.0 Å². The van der Waals surface area contributed by atoms with Crippen molar-refractivity contribution in [3.63, 3.8) is 0 Å². The summed E-state index contributed by atoms with van der Waals surface area (Å²) in [5.41, 5.74) is 1.12. The zero-order valence-corrected chi connectivity index (χ0v) is 14.7. The van der Waals surface area contributed by atoms with Gasteiger partial charge in [-0.15, -0.1) is 0 Å². The fraction of sp³-hybridized carbons (Fsp3) is 0.474. The number of carbonyl (C=O) groups is 1. The quantitative estimate of drug-likeness (QED) is 0.802. The summed E-state index contributed by atoms with van der Waals surface area (Å²) in [5, 5.41) is 2.61. The number of pyridine rings is 1. The Morgan fingerprint density at radius 2 is 2.04 bits per heavy atom. The lowest BCUT2D eigenvalue weighted by atomic mass is 9.81. The van der Waals surface area contributed by atoms with Crippen molar-refractivity contribution in [2.45, 2.75) is 38.8 Å². The summed E-state index contributed by atoms with van der Waals surface area (Å²) in [6.45, 7) is 1.56. The van der Waals surface area contributed by atoms with Crippen molar-refractivity contribution in [1.82, 2.24) is 4.98 Å². The number of ether oxygens (including phenoxy) is 1. The number of anilines is 1. The van der Waals surface area contributed by atoms with Crippen LogP contribution >= 0.6 is 0 Å². The molecule has 2 rings (SSSR count). The third-order valence-electron chi connectivity index (χ3n) is 4.35. The first-order chi connectivity index (χ1) is 12.3. The summed E-state index contributed by atoms with van der Waals surface area (Å²) in [6, 6.07) is 1.69. The highest BCUT2D eigenvalue weighted by molar-refractivity contribution is 6.03. The minimum Gasteiger partial charge on any atom is -0.481 e. The molecule has 0 atom stereocenters. The molecule has 0 radical (unpaired) electrons. The summed E-state index contributed by atoms with van der Waals surface area (Å²) in [7, 11) is 1.48. The van der Waals surface area contributed by atoms with Gasteiger partial charge in [0.1, 0.15) is 0 Å². The number of rotatable bonds is 4. The number of amides is 1. The number of aromatic nitrogens is 1. The molecule has 1 aliphatic carbocycles. The molecule has 0 bridgehead atoms. The minimum atomic E-state index is -4.10. The van der Waals surface area contributed by atoms with Crippen LogP contribution in [0.1, 0.15) is 38.2 Å². The molecule has 1 aromatic heterocycles. The van der Waals surface area contributed by atoms with Gasteiger partial charge in [0, 0.05) is 5.56 Å². The zero-order chi connectivity index (χ0) is 19.2. The van der Waals surface area contributed by atoms with Gasteiger partial charge in [-0.3, -0.25) is 4.79 Å². The molecule has 0 aliphatic heterocycles. The van der Waals surface area contributed by atoms with Gasteiger partial charge in [0.25, 0.3) is 5.91 Å². The number of nitrogens with zero attached hydrogens (tertiary/aromatic N) is 1. The van der Waals surface area contributed by atoms with Gasteiger partial charge in [0.15, 0.2) is 0 Å². The van der Waals surface area contributed by atoms with Crippen LogP contribution in [0.15, 0.2) is 18.3 Å². The lowest BCUT2D eigenvalue weighted by molar-refractivity contribution is -0.183. The number of hydrogen-bond donors (Lipinski definition) is 1. The molecule has 1 saturated carbocycles. The minimum absolute atomic E-state index is 0.0857. The van der Waals surface area contributed by atoms with Crippen molar-refractivity contribution in [1.29, 1.82) is 0 Å². The Hall–Kier alpha value is -2.49. The number of nitrogens with one attached hydrogen (secondary N) is 1. The SMILES string of the molecule is CC#CC(=O)Nc1cnc(OC)c(/C=C/C2CCC(C(F)(F)F)CC2)c1. The Morgan fingerprint density at radius 1 is 1.35 bits per heavy atom. The summed E-state index contributed by atoms with van der Waals surface area (Å²) in [5.74, 6) is 3.71. The van der Waals surface area contributed by atoms with Gasteiger partial charge < -0.3 is 10.1 Å². The fourth-order valence-electron chi connectivity index (χ4n) is 2.98. The lowest BCUT2D eigenvalue weighted by Gasteiger charge is -2.28. The number of carbonyl (C=O) groups excluding carboxylic acids is 1. The first-order valence-corrected chi connectivity index (χ1v) is 8.36. The fourth-order valence-corrected chi connectivity index (χ4v) is 2.98. The molecule has 0 aromatic carbocycles. The van der Waals surface area contributed by atoms with E-state index in [4.69, 9.17) is 4.74 Å². The maximum atomic E-state index is 12.7. The smallest absolute Gasteiger partial charge is 0.391 e. The van der Waals surface area contributed by atoms with Crippen LogP contribution in [0.4, 0.5) is 18.9 Å². The van der Waals surface area contributed by atoms with E-state index in [1.807, 2.05) is 6.08 Å². The van der Waals surface area contributed by atoms with E-state index in [1.54, 1.807) is 19.1 Å². The maximum absolute atomic E-state index is 12.7. The van der Waals surface area contributed by atoms with Crippen LogP contribution in [0.5, 0.6) is 5.88 Å². The molecule has 7 heteroatoms. The Morgan fingerprint density at radius 3 is 2.62 bits per heavy atom. The van der Waals surface area contributed by atoms with Gasteiger partial charge in [-0.2, -0.15) is 13.2 Å². The molecule has 26 heavy (non-hydrogen) atoms. The first-order valence-electron chi connectivity index (χ1n) is 8.36. The van der Waals surface area contributed by atoms with Crippen LogP contribution in [0.3, 0.4) is 0 Å². The summed E-state index contributed by atoms with van der Waals surface area (Å²) >= 11 is 0. The molecule has 1 heterocycles. The number of halogens is 3. The molecular weight excluding hydrogens is 345 g/mol.